The Bertz CT molecular complexity index is 713. The van der Waals surface area contributed by atoms with Gasteiger partial charge in [-0.05, 0) is 65.0 Å². The van der Waals surface area contributed by atoms with E-state index in [4.69, 9.17) is 17.5 Å². The van der Waals surface area contributed by atoms with Gasteiger partial charge in [-0.15, -0.1) is 0 Å². The third-order valence-corrected chi connectivity index (χ3v) is 6.34. The highest BCUT2D eigenvalue weighted by Gasteiger charge is 2.49. The lowest BCUT2D eigenvalue weighted by Crippen LogP contribution is -2.47. The van der Waals surface area contributed by atoms with Crippen molar-refractivity contribution in [1.29, 1.82) is 0 Å². The second kappa shape index (κ2) is 7.01. The molecule has 2 aliphatic rings. The first-order valence-electron chi connectivity index (χ1n) is 9.18. The highest BCUT2D eigenvalue weighted by molar-refractivity contribution is 7.79. The van der Waals surface area contributed by atoms with Crippen LogP contribution in [0.25, 0.3) is 0 Å². The summed E-state index contributed by atoms with van der Waals surface area (Å²) in [7, 11) is -4.67. The summed E-state index contributed by atoms with van der Waals surface area (Å²) in [4.78, 5) is 0. The molecule has 3 rings (SSSR count). The lowest BCUT2D eigenvalue weighted by atomic mass is 9.50. The van der Waals surface area contributed by atoms with E-state index in [1.807, 2.05) is 0 Å². The number of aryl methyl sites for hydroxylation is 1. The van der Waals surface area contributed by atoms with Crippen molar-refractivity contribution in [3.05, 3.63) is 34.9 Å². The highest BCUT2D eigenvalue weighted by Crippen LogP contribution is 2.57. The zero-order chi connectivity index (χ0) is 19.0. The van der Waals surface area contributed by atoms with E-state index in [0.717, 1.165) is 5.92 Å². The fourth-order valence-corrected chi connectivity index (χ4v) is 5.19. The fraction of sp³-hybridized carbons (Fsp3) is 0.700. The lowest BCUT2D eigenvalue weighted by Gasteiger charge is -2.54. The van der Waals surface area contributed by atoms with Crippen molar-refractivity contribution in [2.24, 2.45) is 11.3 Å². The number of hydrogen-bond acceptors (Lipinski definition) is 2. The molecule has 2 N–H and O–H groups in total. The van der Waals surface area contributed by atoms with Crippen LogP contribution < -0.4 is 0 Å². The van der Waals surface area contributed by atoms with E-state index in [1.165, 1.54) is 37.7 Å². The van der Waals surface area contributed by atoms with E-state index in [0.29, 0.717) is 16.7 Å². The Hall–Kier alpha value is -0.910. The molecule has 0 unspecified atom stereocenters. The van der Waals surface area contributed by atoms with Gasteiger partial charge < -0.3 is 0 Å². The summed E-state index contributed by atoms with van der Waals surface area (Å²) < 4.78 is 31.6. The average molecular weight is 369 g/mol. The standard InChI is InChI=1S/C20H30.H2O4S/c1-14(2)15-7-9-17-16(13-15)8-10-18-19(3,4)11-6-12-20(17,18)5;1-5(2,3)4/h7,9,13-14,18H,6,8,10-12H2,1-5H3;(H2,1,2,3,4)/t18-,20+;/m0./s1. The zero-order valence-electron chi connectivity index (χ0n) is 16.0. The van der Waals surface area contributed by atoms with E-state index < -0.39 is 10.4 Å². The molecule has 1 aromatic carbocycles. The Balaban J connectivity index is 0.000000399. The van der Waals surface area contributed by atoms with Crippen molar-refractivity contribution in [3.8, 4) is 0 Å². The molecule has 2 atom stereocenters. The van der Waals surface area contributed by atoms with Crippen LogP contribution in [0.15, 0.2) is 18.2 Å². The first kappa shape index (κ1) is 20.4. The van der Waals surface area contributed by atoms with E-state index in [9.17, 15) is 0 Å². The molecule has 0 bridgehead atoms. The lowest BCUT2D eigenvalue weighted by molar-refractivity contribution is 0.0407. The van der Waals surface area contributed by atoms with Crippen LogP contribution in [-0.4, -0.2) is 17.5 Å². The third kappa shape index (κ3) is 4.63. The molecule has 1 fully saturated rings. The van der Waals surface area contributed by atoms with Gasteiger partial charge in [-0.3, -0.25) is 9.11 Å². The Morgan fingerprint density at radius 1 is 1.12 bits per heavy atom. The molecular formula is C20H32O4S. The van der Waals surface area contributed by atoms with Gasteiger partial charge in [-0.25, -0.2) is 0 Å². The number of benzene rings is 1. The van der Waals surface area contributed by atoms with Gasteiger partial charge in [0.2, 0.25) is 0 Å². The van der Waals surface area contributed by atoms with Gasteiger partial charge in [0.1, 0.15) is 0 Å². The Kier molecular flexibility index (Phi) is 5.72. The van der Waals surface area contributed by atoms with Gasteiger partial charge in [0.25, 0.3) is 0 Å². The van der Waals surface area contributed by atoms with Crippen molar-refractivity contribution in [3.63, 3.8) is 0 Å². The van der Waals surface area contributed by atoms with Crippen LogP contribution in [-0.2, 0) is 22.2 Å². The molecule has 25 heavy (non-hydrogen) atoms. The molecular weight excluding hydrogens is 336 g/mol. The summed E-state index contributed by atoms with van der Waals surface area (Å²) in [5.74, 6) is 1.51. The molecule has 0 saturated heterocycles. The van der Waals surface area contributed by atoms with Crippen molar-refractivity contribution in [1.82, 2.24) is 0 Å². The highest BCUT2D eigenvalue weighted by atomic mass is 32.3. The van der Waals surface area contributed by atoms with Gasteiger partial charge in [0.05, 0.1) is 0 Å². The molecule has 0 heterocycles. The maximum Gasteiger partial charge on any atom is 0.394 e. The average Bonchev–Trinajstić information content (AvgIpc) is 2.44. The van der Waals surface area contributed by atoms with Gasteiger partial charge in [0.15, 0.2) is 0 Å². The molecule has 2 aliphatic carbocycles. The smallest absolute Gasteiger partial charge is 0.264 e. The molecule has 0 aliphatic heterocycles. The quantitative estimate of drug-likeness (QED) is 0.669. The van der Waals surface area contributed by atoms with Crippen molar-refractivity contribution in [2.75, 3.05) is 0 Å². The minimum atomic E-state index is -4.67. The number of hydrogen-bond donors (Lipinski definition) is 2. The first-order valence-corrected chi connectivity index (χ1v) is 10.6. The molecule has 142 valence electrons. The maximum atomic E-state index is 8.74. The summed E-state index contributed by atoms with van der Waals surface area (Å²) in [5.41, 5.74) is 5.77. The molecule has 1 aromatic rings. The summed E-state index contributed by atoms with van der Waals surface area (Å²) in [6.07, 6.45) is 6.87. The normalized spacial score (nSPS) is 27.8. The molecule has 0 aromatic heterocycles. The molecule has 0 spiro atoms. The Morgan fingerprint density at radius 2 is 1.72 bits per heavy atom. The fourth-order valence-electron chi connectivity index (χ4n) is 5.19. The summed E-state index contributed by atoms with van der Waals surface area (Å²) >= 11 is 0. The molecule has 4 nitrogen and oxygen atoms in total. The largest absolute Gasteiger partial charge is 0.394 e. The van der Waals surface area contributed by atoms with E-state index in [-0.39, 0.29) is 0 Å². The maximum absolute atomic E-state index is 8.74. The monoisotopic (exact) mass is 368 g/mol. The second-order valence-electron chi connectivity index (χ2n) is 8.87. The zero-order valence-corrected chi connectivity index (χ0v) is 16.9. The predicted octanol–water partition coefficient (Wildman–Crippen LogP) is 5.19. The van der Waals surface area contributed by atoms with Gasteiger partial charge in [-0.2, -0.15) is 8.42 Å². The first-order chi connectivity index (χ1) is 11.3. The van der Waals surface area contributed by atoms with Crippen LogP contribution in [0.5, 0.6) is 0 Å². The molecule has 1 saturated carbocycles. The number of rotatable bonds is 1. The molecule has 0 radical (unpaired) electrons. The third-order valence-electron chi connectivity index (χ3n) is 6.34. The Morgan fingerprint density at radius 3 is 2.28 bits per heavy atom. The minimum absolute atomic E-state index is 0.421. The van der Waals surface area contributed by atoms with Crippen LogP contribution in [0.4, 0.5) is 0 Å². The van der Waals surface area contributed by atoms with Crippen LogP contribution in [0.2, 0.25) is 0 Å². The SMILES string of the molecule is CC(C)c1ccc2c(c1)CC[C@H]1C(C)(C)CCC[C@]21C.O=S(=O)(O)O. The topological polar surface area (TPSA) is 74.6 Å². The van der Waals surface area contributed by atoms with Crippen molar-refractivity contribution in [2.45, 2.75) is 78.1 Å². The summed E-state index contributed by atoms with van der Waals surface area (Å²) in [6, 6.07) is 7.36. The Labute approximate surface area is 152 Å². The van der Waals surface area contributed by atoms with E-state index in [2.05, 4.69) is 52.8 Å². The van der Waals surface area contributed by atoms with Crippen LogP contribution >= 0.6 is 0 Å². The van der Waals surface area contributed by atoms with E-state index >= 15 is 0 Å². The second-order valence-corrected chi connectivity index (χ2v) is 9.77. The van der Waals surface area contributed by atoms with Crippen molar-refractivity contribution >= 4 is 10.4 Å². The predicted molar refractivity (Wildman–Crippen MR) is 102 cm³/mol. The van der Waals surface area contributed by atoms with E-state index in [1.54, 1.807) is 11.1 Å². The molecule has 5 heteroatoms. The molecule has 0 amide bonds. The summed E-state index contributed by atoms with van der Waals surface area (Å²) in [6.45, 7) is 12.2. The van der Waals surface area contributed by atoms with Crippen LogP contribution in [0.1, 0.15) is 82.9 Å². The van der Waals surface area contributed by atoms with Gasteiger partial charge in [-0.1, -0.05) is 59.2 Å². The van der Waals surface area contributed by atoms with Gasteiger partial charge >= 0.3 is 10.4 Å². The van der Waals surface area contributed by atoms with Crippen molar-refractivity contribution < 1.29 is 17.5 Å². The minimum Gasteiger partial charge on any atom is -0.264 e. The summed E-state index contributed by atoms with van der Waals surface area (Å²) in [5, 5.41) is 0. The van der Waals surface area contributed by atoms with Crippen LogP contribution in [0.3, 0.4) is 0 Å². The van der Waals surface area contributed by atoms with Crippen LogP contribution in [0, 0.1) is 11.3 Å². The number of fused-ring (bicyclic) bond motifs is 3. The van der Waals surface area contributed by atoms with Gasteiger partial charge in [0, 0.05) is 0 Å².